The summed E-state index contributed by atoms with van der Waals surface area (Å²) in [5.74, 6) is -0.00692. The van der Waals surface area contributed by atoms with Gasteiger partial charge >= 0.3 is 0 Å². The Hall–Kier alpha value is -2.49. The van der Waals surface area contributed by atoms with Gasteiger partial charge in [0.15, 0.2) is 0 Å². The molecule has 2 rings (SSSR count). The van der Waals surface area contributed by atoms with Crippen LogP contribution in [0.5, 0.6) is 5.75 Å². The Morgan fingerprint density at radius 1 is 1.19 bits per heavy atom. The highest BCUT2D eigenvalue weighted by atomic mass is 16.3. The van der Waals surface area contributed by atoms with Gasteiger partial charge < -0.3 is 15.7 Å². The van der Waals surface area contributed by atoms with Gasteiger partial charge in [0.05, 0.1) is 0 Å². The molecule has 0 radical (unpaired) electrons. The van der Waals surface area contributed by atoms with Gasteiger partial charge in [-0.05, 0) is 36.2 Å². The van der Waals surface area contributed by atoms with Crippen LogP contribution in [-0.4, -0.2) is 22.5 Å². The molecule has 3 N–H and O–H groups in total. The fourth-order valence-electron chi connectivity index (χ4n) is 2.23. The second-order valence-electron chi connectivity index (χ2n) is 4.98. The van der Waals surface area contributed by atoms with Crippen molar-refractivity contribution >= 4 is 11.6 Å². The highest BCUT2D eigenvalue weighted by Crippen LogP contribution is 2.18. The minimum Gasteiger partial charge on any atom is -0.508 e. The summed E-state index contributed by atoms with van der Waals surface area (Å²) in [4.78, 5) is 14.3. The van der Waals surface area contributed by atoms with Crippen LogP contribution < -0.4 is 5.73 Å². The van der Waals surface area contributed by atoms with Crippen LogP contribution in [0, 0.1) is 0 Å². The van der Waals surface area contributed by atoms with Crippen molar-refractivity contribution < 1.29 is 9.90 Å². The summed E-state index contributed by atoms with van der Waals surface area (Å²) < 4.78 is 0. The van der Waals surface area contributed by atoms with Gasteiger partial charge in [-0.15, -0.1) is 0 Å². The van der Waals surface area contributed by atoms with E-state index in [0.29, 0.717) is 24.3 Å². The summed E-state index contributed by atoms with van der Waals surface area (Å²) >= 11 is 0. The lowest BCUT2D eigenvalue weighted by atomic mass is 10.1. The van der Waals surface area contributed by atoms with E-state index in [4.69, 9.17) is 5.73 Å². The molecule has 0 spiro atoms. The van der Waals surface area contributed by atoms with E-state index in [9.17, 15) is 9.90 Å². The SMILES string of the molecule is CCCN(Cc1ccccc1N)C(=O)c1cccc(O)c1. The van der Waals surface area contributed by atoms with Crippen molar-refractivity contribution in [1.29, 1.82) is 0 Å². The van der Waals surface area contributed by atoms with E-state index in [1.54, 1.807) is 23.1 Å². The fourth-order valence-corrected chi connectivity index (χ4v) is 2.23. The van der Waals surface area contributed by atoms with E-state index in [0.717, 1.165) is 12.0 Å². The second kappa shape index (κ2) is 6.79. The Morgan fingerprint density at radius 2 is 1.95 bits per heavy atom. The number of rotatable bonds is 5. The average Bonchev–Trinajstić information content (AvgIpc) is 2.48. The number of nitrogens with two attached hydrogens (primary N) is 1. The third kappa shape index (κ3) is 3.75. The molecule has 4 nitrogen and oxygen atoms in total. The Labute approximate surface area is 124 Å². The number of nitrogens with zero attached hydrogens (tertiary/aromatic N) is 1. The third-order valence-electron chi connectivity index (χ3n) is 3.29. The molecule has 110 valence electrons. The molecule has 2 aromatic carbocycles. The first-order chi connectivity index (χ1) is 10.1. The quantitative estimate of drug-likeness (QED) is 0.829. The number of phenols is 1. The van der Waals surface area contributed by atoms with Crippen molar-refractivity contribution in [3.63, 3.8) is 0 Å². The summed E-state index contributed by atoms with van der Waals surface area (Å²) in [6, 6.07) is 14.0. The van der Waals surface area contributed by atoms with Gasteiger partial charge in [-0.25, -0.2) is 0 Å². The van der Waals surface area contributed by atoms with Crippen LogP contribution in [0.3, 0.4) is 0 Å². The number of anilines is 1. The predicted octanol–water partition coefficient (Wildman–Crippen LogP) is 3.03. The molecular formula is C17H20N2O2. The van der Waals surface area contributed by atoms with Gasteiger partial charge in [-0.2, -0.15) is 0 Å². The standard InChI is InChI=1S/C17H20N2O2/c1-2-10-19(12-14-6-3-4-9-16(14)18)17(21)13-7-5-8-15(20)11-13/h3-9,11,20H,2,10,12,18H2,1H3. The van der Waals surface area contributed by atoms with E-state index in [2.05, 4.69) is 0 Å². The van der Waals surface area contributed by atoms with Crippen LogP contribution in [-0.2, 0) is 6.54 Å². The lowest BCUT2D eigenvalue weighted by Gasteiger charge is -2.23. The van der Waals surface area contributed by atoms with Crippen molar-refractivity contribution in [2.24, 2.45) is 0 Å². The van der Waals surface area contributed by atoms with Crippen LogP contribution >= 0.6 is 0 Å². The molecule has 0 aliphatic carbocycles. The number of nitrogen functional groups attached to an aromatic ring is 1. The van der Waals surface area contributed by atoms with Gasteiger partial charge in [0.2, 0.25) is 0 Å². The molecule has 1 amide bonds. The normalized spacial score (nSPS) is 10.3. The van der Waals surface area contributed by atoms with Gasteiger partial charge in [0.1, 0.15) is 5.75 Å². The largest absolute Gasteiger partial charge is 0.508 e. The van der Waals surface area contributed by atoms with E-state index in [1.165, 1.54) is 6.07 Å². The first-order valence-electron chi connectivity index (χ1n) is 7.03. The van der Waals surface area contributed by atoms with E-state index >= 15 is 0 Å². The molecule has 0 bridgehead atoms. The summed E-state index contributed by atoms with van der Waals surface area (Å²) in [6.07, 6.45) is 0.858. The lowest BCUT2D eigenvalue weighted by molar-refractivity contribution is 0.0743. The number of para-hydroxylation sites is 1. The summed E-state index contributed by atoms with van der Waals surface area (Å²) in [7, 11) is 0. The van der Waals surface area contributed by atoms with Crippen LogP contribution in [0.4, 0.5) is 5.69 Å². The molecule has 0 atom stereocenters. The maximum absolute atomic E-state index is 12.6. The Morgan fingerprint density at radius 3 is 2.62 bits per heavy atom. The summed E-state index contributed by atoms with van der Waals surface area (Å²) in [5.41, 5.74) is 8.05. The maximum Gasteiger partial charge on any atom is 0.254 e. The van der Waals surface area contributed by atoms with Crippen molar-refractivity contribution in [2.45, 2.75) is 19.9 Å². The van der Waals surface area contributed by atoms with Gasteiger partial charge in [0, 0.05) is 24.3 Å². The summed E-state index contributed by atoms with van der Waals surface area (Å²) in [5, 5.41) is 9.52. The van der Waals surface area contributed by atoms with Crippen LogP contribution in [0.1, 0.15) is 29.3 Å². The number of phenolic OH excluding ortho intramolecular Hbond substituents is 1. The fraction of sp³-hybridized carbons (Fsp3) is 0.235. The van der Waals surface area contributed by atoms with E-state index < -0.39 is 0 Å². The summed E-state index contributed by atoms with van der Waals surface area (Å²) in [6.45, 7) is 3.13. The molecule has 0 aromatic heterocycles. The number of benzene rings is 2. The molecule has 0 aliphatic rings. The van der Waals surface area contributed by atoms with Gasteiger partial charge in [0.25, 0.3) is 5.91 Å². The highest BCUT2D eigenvalue weighted by molar-refractivity contribution is 5.94. The van der Waals surface area contributed by atoms with Gasteiger partial charge in [-0.1, -0.05) is 31.2 Å². The number of hydrogen-bond donors (Lipinski definition) is 2. The van der Waals surface area contributed by atoms with Crippen molar-refractivity contribution in [1.82, 2.24) is 4.90 Å². The zero-order valence-electron chi connectivity index (χ0n) is 12.1. The second-order valence-corrected chi connectivity index (χ2v) is 4.98. The van der Waals surface area contributed by atoms with Crippen molar-refractivity contribution in [3.05, 3.63) is 59.7 Å². The Kier molecular flexibility index (Phi) is 4.82. The van der Waals surface area contributed by atoms with E-state index in [-0.39, 0.29) is 11.7 Å². The zero-order valence-corrected chi connectivity index (χ0v) is 12.1. The maximum atomic E-state index is 12.6. The first-order valence-corrected chi connectivity index (χ1v) is 7.03. The van der Waals surface area contributed by atoms with Crippen molar-refractivity contribution in [3.8, 4) is 5.75 Å². The zero-order chi connectivity index (χ0) is 15.2. The number of carbonyl (C=O) groups excluding carboxylic acids is 1. The molecule has 0 saturated heterocycles. The van der Waals surface area contributed by atoms with Gasteiger partial charge in [-0.3, -0.25) is 4.79 Å². The molecule has 0 saturated carbocycles. The smallest absolute Gasteiger partial charge is 0.254 e. The molecule has 0 unspecified atom stereocenters. The molecule has 21 heavy (non-hydrogen) atoms. The van der Waals surface area contributed by atoms with Crippen LogP contribution in [0.2, 0.25) is 0 Å². The molecule has 2 aromatic rings. The predicted molar refractivity (Wildman–Crippen MR) is 84.0 cm³/mol. The monoisotopic (exact) mass is 284 g/mol. The number of hydrogen-bond acceptors (Lipinski definition) is 3. The molecule has 0 heterocycles. The Bertz CT molecular complexity index is 626. The third-order valence-corrected chi connectivity index (χ3v) is 3.29. The molecule has 0 fully saturated rings. The minimum absolute atomic E-state index is 0.0940. The first kappa shape index (κ1) is 14.9. The van der Waals surface area contributed by atoms with Crippen LogP contribution in [0.15, 0.2) is 48.5 Å². The lowest BCUT2D eigenvalue weighted by Crippen LogP contribution is -2.31. The Balaban J connectivity index is 2.22. The van der Waals surface area contributed by atoms with Crippen LogP contribution in [0.25, 0.3) is 0 Å². The molecular weight excluding hydrogens is 264 g/mol. The molecule has 4 heteroatoms. The average molecular weight is 284 g/mol. The number of aromatic hydroxyl groups is 1. The van der Waals surface area contributed by atoms with Crippen molar-refractivity contribution in [2.75, 3.05) is 12.3 Å². The van der Waals surface area contributed by atoms with E-state index in [1.807, 2.05) is 31.2 Å². The number of carbonyl (C=O) groups is 1. The highest BCUT2D eigenvalue weighted by Gasteiger charge is 2.16. The number of amides is 1. The molecule has 0 aliphatic heterocycles. The topological polar surface area (TPSA) is 66.6 Å². The minimum atomic E-state index is -0.101.